The summed E-state index contributed by atoms with van der Waals surface area (Å²) in [6.07, 6.45) is 0. The van der Waals surface area contributed by atoms with E-state index in [1.807, 2.05) is 19.1 Å². The minimum absolute atomic E-state index is 0.260. The lowest BCUT2D eigenvalue weighted by Crippen LogP contribution is -2.35. The van der Waals surface area contributed by atoms with Gasteiger partial charge in [-0.15, -0.1) is 0 Å². The number of urea groups is 1. The van der Waals surface area contributed by atoms with Gasteiger partial charge in [0.25, 0.3) is 0 Å². The number of halogens is 1. The van der Waals surface area contributed by atoms with E-state index in [1.54, 1.807) is 43.0 Å². The van der Waals surface area contributed by atoms with Gasteiger partial charge < -0.3 is 14.3 Å². The maximum Gasteiger partial charge on any atom is 0.326 e. The van der Waals surface area contributed by atoms with Crippen molar-refractivity contribution in [3.8, 4) is 0 Å². The molecule has 0 spiro atoms. The van der Waals surface area contributed by atoms with E-state index in [0.717, 1.165) is 5.76 Å². The molecule has 0 atom stereocenters. The predicted octanol–water partition coefficient (Wildman–Crippen LogP) is 5.08. The molecule has 3 rings (SSSR count). The number of carbonyl (C=O) groups is 1. The standard InChI is InChI=1S/C18H18ClN3O3/c1-11-4-9-16(24-11)10-22(17-12(2)21-25-13(17)3)18(23)20-15-7-5-14(19)6-8-15/h4-9H,10H2,1-3H3,(H,20,23). The minimum atomic E-state index is -0.314. The molecule has 25 heavy (non-hydrogen) atoms. The molecule has 0 saturated heterocycles. The number of benzene rings is 1. The Balaban J connectivity index is 1.89. The number of aryl methyl sites for hydroxylation is 3. The van der Waals surface area contributed by atoms with E-state index in [-0.39, 0.29) is 12.6 Å². The lowest BCUT2D eigenvalue weighted by molar-refractivity contribution is 0.256. The number of hydrogen-bond acceptors (Lipinski definition) is 4. The van der Waals surface area contributed by atoms with E-state index in [0.29, 0.717) is 33.6 Å². The van der Waals surface area contributed by atoms with Gasteiger partial charge in [-0.05, 0) is 57.2 Å². The van der Waals surface area contributed by atoms with Crippen molar-refractivity contribution in [2.75, 3.05) is 10.2 Å². The monoisotopic (exact) mass is 359 g/mol. The highest BCUT2D eigenvalue weighted by molar-refractivity contribution is 6.30. The largest absolute Gasteiger partial charge is 0.464 e. The molecule has 0 bridgehead atoms. The summed E-state index contributed by atoms with van der Waals surface area (Å²) in [4.78, 5) is 14.4. The minimum Gasteiger partial charge on any atom is -0.464 e. The third-order valence-electron chi connectivity index (χ3n) is 3.72. The van der Waals surface area contributed by atoms with Crippen molar-refractivity contribution in [3.63, 3.8) is 0 Å². The first-order valence-electron chi connectivity index (χ1n) is 7.76. The van der Waals surface area contributed by atoms with Gasteiger partial charge in [-0.2, -0.15) is 0 Å². The second kappa shape index (κ2) is 7.03. The highest BCUT2D eigenvalue weighted by Crippen LogP contribution is 2.27. The van der Waals surface area contributed by atoms with Crippen LogP contribution in [0.3, 0.4) is 0 Å². The maximum absolute atomic E-state index is 12.9. The zero-order valence-corrected chi connectivity index (χ0v) is 14.9. The van der Waals surface area contributed by atoms with Gasteiger partial charge in [0.2, 0.25) is 0 Å². The fourth-order valence-corrected chi connectivity index (χ4v) is 2.69. The second-order valence-corrected chi connectivity index (χ2v) is 6.14. The van der Waals surface area contributed by atoms with E-state index < -0.39 is 0 Å². The van der Waals surface area contributed by atoms with Crippen LogP contribution in [-0.4, -0.2) is 11.2 Å². The molecule has 0 saturated carbocycles. The number of furan rings is 1. The van der Waals surface area contributed by atoms with Crippen molar-refractivity contribution in [2.24, 2.45) is 0 Å². The van der Waals surface area contributed by atoms with Crippen molar-refractivity contribution in [3.05, 3.63) is 64.4 Å². The van der Waals surface area contributed by atoms with E-state index in [2.05, 4.69) is 10.5 Å². The number of anilines is 2. The van der Waals surface area contributed by atoms with Crippen LogP contribution < -0.4 is 10.2 Å². The van der Waals surface area contributed by atoms with E-state index >= 15 is 0 Å². The number of nitrogens with one attached hydrogen (secondary N) is 1. The fourth-order valence-electron chi connectivity index (χ4n) is 2.57. The van der Waals surface area contributed by atoms with Gasteiger partial charge in [-0.1, -0.05) is 16.8 Å². The van der Waals surface area contributed by atoms with Gasteiger partial charge in [0.05, 0.1) is 6.54 Å². The molecule has 0 radical (unpaired) electrons. The third-order valence-corrected chi connectivity index (χ3v) is 3.97. The molecule has 130 valence electrons. The number of aromatic nitrogens is 1. The second-order valence-electron chi connectivity index (χ2n) is 5.71. The molecule has 7 heteroatoms. The summed E-state index contributed by atoms with van der Waals surface area (Å²) in [6.45, 7) is 5.68. The number of hydrogen-bond donors (Lipinski definition) is 1. The summed E-state index contributed by atoms with van der Waals surface area (Å²) in [5.41, 5.74) is 1.90. The Morgan fingerprint density at radius 1 is 1.16 bits per heavy atom. The summed E-state index contributed by atoms with van der Waals surface area (Å²) in [5.74, 6) is 2.02. The molecule has 3 aromatic rings. The first-order chi connectivity index (χ1) is 11.9. The van der Waals surface area contributed by atoms with Gasteiger partial charge in [0.1, 0.15) is 22.9 Å². The predicted molar refractivity (Wildman–Crippen MR) is 96.1 cm³/mol. The molecule has 0 aliphatic rings. The van der Waals surface area contributed by atoms with Gasteiger partial charge in [-0.25, -0.2) is 4.79 Å². The molecular formula is C18H18ClN3O3. The highest BCUT2D eigenvalue weighted by atomic mass is 35.5. The molecule has 2 heterocycles. The average Bonchev–Trinajstić information content (AvgIpc) is 3.13. The summed E-state index contributed by atoms with van der Waals surface area (Å²) < 4.78 is 10.8. The van der Waals surface area contributed by atoms with Crippen LogP contribution in [0.15, 0.2) is 45.3 Å². The van der Waals surface area contributed by atoms with Crippen LogP contribution in [0.1, 0.15) is 23.0 Å². The van der Waals surface area contributed by atoms with Crippen LogP contribution in [0.4, 0.5) is 16.2 Å². The molecule has 2 amide bonds. The van der Waals surface area contributed by atoms with E-state index in [4.69, 9.17) is 20.5 Å². The van der Waals surface area contributed by atoms with Crippen LogP contribution in [-0.2, 0) is 6.54 Å². The molecule has 0 aliphatic carbocycles. The normalized spacial score (nSPS) is 10.7. The zero-order valence-electron chi connectivity index (χ0n) is 14.2. The summed E-state index contributed by atoms with van der Waals surface area (Å²) in [6, 6.07) is 10.3. The van der Waals surface area contributed by atoms with Crippen LogP contribution >= 0.6 is 11.6 Å². The molecular weight excluding hydrogens is 342 g/mol. The van der Waals surface area contributed by atoms with E-state index in [9.17, 15) is 4.79 Å². The molecule has 1 N–H and O–H groups in total. The Hall–Kier alpha value is -2.73. The van der Waals surface area contributed by atoms with Gasteiger partial charge in [0, 0.05) is 10.7 Å². The smallest absolute Gasteiger partial charge is 0.326 e. The number of nitrogens with zero attached hydrogens (tertiary/aromatic N) is 2. The lowest BCUT2D eigenvalue weighted by atomic mass is 10.2. The Morgan fingerprint density at radius 2 is 1.88 bits per heavy atom. The summed E-state index contributed by atoms with van der Waals surface area (Å²) in [5, 5.41) is 7.40. The highest BCUT2D eigenvalue weighted by Gasteiger charge is 2.24. The third kappa shape index (κ3) is 3.85. The Bertz CT molecular complexity index is 864. The first kappa shape index (κ1) is 17.1. The number of carbonyl (C=O) groups excluding carboxylic acids is 1. The summed E-state index contributed by atoms with van der Waals surface area (Å²) in [7, 11) is 0. The Labute approximate surface area is 150 Å². The quantitative estimate of drug-likeness (QED) is 0.704. The number of amides is 2. The van der Waals surface area contributed by atoms with Crippen LogP contribution in [0, 0.1) is 20.8 Å². The molecule has 0 fully saturated rings. The van der Waals surface area contributed by atoms with Crippen molar-refractivity contribution in [1.82, 2.24) is 5.16 Å². The van der Waals surface area contributed by atoms with Crippen LogP contribution in [0.25, 0.3) is 0 Å². The maximum atomic E-state index is 12.9. The van der Waals surface area contributed by atoms with E-state index in [1.165, 1.54) is 0 Å². The van der Waals surface area contributed by atoms with Crippen LogP contribution in [0.5, 0.6) is 0 Å². The average molecular weight is 360 g/mol. The summed E-state index contributed by atoms with van der Waals surface area (Å²) >= 11 is 5.89. The molecule has 0 aliphatic heterocycles. The van der Waals surface area contributed by atoms with Gasteiger partial charge in [0.15, 0.2) is 5.76 Å². The lowest BCUT2D eigenvalue weighted by Gasteiger charge is -2.22. The van der Waals surface area contributed by atoms with Crippen molar-refractivity contribution in [2.45, 2.75) is 27.3 Å². The molecule has 0 unspecified atom stereocenters. The molecule has 1 aromatic carbocycles. The fraction of sp³-hybridized carbons (Fsp3) is 0.222. The molecule has 2 aromatic heterocycles. The first-order valence-corrected chi connectivity index (χ1v) is 8.14. The SMILES string of the molecule is Cc1ccc(CN(C(=O)Nc2ccc(Cl)cc2)c2c(C)noc2C)o1. The van der Waals surface area contributed by atoms with Crippen LogP contribution in [0.2, 0.25) is 5.02 Å². The van der Waals surface area contributed by atoms with Gasteiger partial charge in [-0.3, -0.25) is 4.90 Å². The Morgan fingerprint density at radius 3 is 2.44 bits per heavy atom. The van der Waals surface area contributed by atoms with Gasteiger partial charge >= 0.3 is 6.03 Å². The topological polar surface area (TPSA) is 71.5 Å². The zero-order chi connectivity index (χ0) is 18.0. The van der Waals surface area contributed by atoms with Crippen molar-refractivity contribution < 1.29 is 13.7 Å². The van der Waals surface area contributed by atoms with Crippen molar-refractivity contribution >= 4 is 29.0 Å². The Kier molecular flexibility index (Phi) is 4.81. The van der Waals surface area contributed by atoms with Crippen molar-refractivity contribution in [1.29, 1.82) is 0 Å². The molecule has 6 nitrogen and oxygen atoms in total. The number of rotatable bonds is 4.